The van der Waals surface area contributed by atoms with Crippen molar-refractivity contribution in [3.05, 3.63) is 41.5 Å². The second-order valence-corrected chi connectivity index (χ2v) is 3.48. The van der Waals surface area contributed by atoms with E-state index in [4.69, 9.17) is 9.47 Å². The smallest absolute Gasteiger partial charge is 0.341 e. The molecule has 0 aliphatic carbocycles. The van der Waals surface area contributed by atoms with Crippen LogP contribution in [-0.4, -0.2) is 25.5 Å². The van der Waals surface area contributed by atoms with Gasteiger partial charge in [-0.05, 0) is 38.1 Å². The van der Waals surface area contributed by atoms with Crippen LogP contribution in [0.1, 0.15) is 24.2 Å². The van der Waals surface area contributed by atoms with Gasteiger partial charge >= 0.3 is 5.97 Å². The van der Waals surface area contributed by atoms with Gasteiger partial charge in [0.1, 0.15) is 11.3 Å². The number of hydrogen-bond acceptors (Lipinski definition) is 4. The number of ketones is 1. The Morgan fingerprint density at radius 3 is 2.28 bits per heavy atom. The van der Waals surface area contributed by atoms with Crippen LogP contribution in [0.25, 0.3) is 0 Å². The van der Waals surface area contributed by atoms with Gasteiger partial charge < -0.3 is 9.47 Å². The molecule has 96 valence electrons. The van der Waals surface area contributed by atoms with Crippen LogP contribution in [-0.2, 0) is 9.53 Å². The van der Waals surface area contributed by atoms with Crippen molar-refractivity contribution in [1.82, 2.24) is 0 Å². The molecular formula is C14H16O4. The molecule has 0 saturated heterocycles. The second kappa shape index (κ2) is 6.59. The standard InChI is InChI=1S/C14H16O4/c1-4-12(14(16)18-5-2)13(15)10-6-8-11(17-3)9-7-10/h4,6-9H,5H2,1-3H3. The maximum atomic E-state index is 12.1. The van der Waals surface area contributed by atoms with Crippen molar-refractivity contribution in [3.63, 3.8) is 0 Å². The van der Waals surface area contributed by atoms with Crippen molar-refractivity contribution < 1.29 is 19.1 Å². The van der Waals surface area contributed by atoms with Gasteiger partial charge in [0.15, 0.2) is 5.78 Å². The molecule has 0 spiro atoms. The summed E-state index contributed by atoms with van der Waals surface area (Å²) in [6, 6.07) is 6.57. The molecule has 0 atom stereocenters. The molecule has 0 saturated carbocycles. The van der Waals surface area contributed by atoms with Crippen LogP contribution in [0.15, 0.2) is 35.9 Å². The highest BCUT2D eigenvalue weighted by molar-refractivity contribution is 6.24. The number of esters is 1. The Hall–Kier alpha value is -2.10. The third-order valence-corrected chi connectivity index (χ3v) is 2.38. The molecule has 0 radical (unpaired) electrons. The maximum absolute atomic E-state index is 12.1. The lowest BCUT2D eigenvalue weighted by Gasteiger charge is -2.06. The number of allylic oxidation sites excluding steroid dienone is 1. The van der Waals surface area contributed by atoms with Gasteiger partial charge in [-0.15, -0.1) is 0 Å². The first-order valence-corrected chi connectivity index (χ1v) is 5.66. The Morgan fingerprint density at radius 2 is 1.83 bits per heavy atom. The van der Waals surface area contributed by atoms with E-state index in [1.54, 1.807) is 45.2 Å². The van der Waals surface area contributed by atoms with E-state index in [0.29, 0.717) is 11.3 Å². The molecule has 0 aromatic heterocycles. The summed E-state index contributed by atoms with van der Waals surface area (Å²) < 4.78 is 9.83. The molecule has 0 amide bonds. The van der Waals surface area contributed by atoms with Crippen LogP contribution in [0.3, 0.4) is 0 Å². The Kier molecular flexibility index (Phi) is 5.11. The van der Waals surface area contributed by atoms with E-state index in [9.17, 15) is 9.59 Å². The van der Waals surface area contributed by atoms with Gasteiger partial charge in [-0.3, -0.25) is 4.79 Å². The van der Waals surface area contributed by atoms with Crippen molar-refractivity contribution in [2.75, 3.05) is 13.7 Å². The fourth-order valence-corrected chi connectivity index (χ4v) is 1.45. The Morgan fingerprint density at radius 1 is 1.22 bits per heavy atom. The molecular weight excluding hydrogens is 232 g/mol. The van der Waals surface area contributed by atoms with E-state index in [2.05, 4.69) is 0 Å². The molecule has 1 aromatic rings. The lowest BCUT2D eigenvalue weighted by Crippen LogP contribution is -2.16. The first-order valence-electron chi connectivity index (χ1n) is 5.66. The lowest BCUT2D eigenvalue weighted by atomic mass is 10.0. The minimum Gasteiger partial charge on any atom is -0.497 e. The van der Waals surface area contributed by atoms with Gasteiger partial charge in [0.05, 0.1) is 13.7 Å². The minimum absolute atomic E-state index is 0.0435. The van der Waals surface area contributed by atoms with Gasteiger partial charge in [-0.2, -0.15) is 0 Å². The molecule has 4 heteroatoms. The topological polar surface area (TPSA) is 52.6 Å². The van der Waals surface area contributed by atoms with Gasteiger partial charge in [0.25, 0.3) is 0 Å². The second-order valence-electron chi connectivity index (χ2n) is 3.48. The number of methoxy groups -OCH3 is 1. The van der Waals surface area contributed by atoms with Gasteiger partial charge in [-0.25, -0.2) is 4.79 Å². The van der Waals surface area contributed by atoms with Crippen LogP contribution in [0.2, 0.25) is 0 Å². The molecule has 0 heterocycles. The van der Waals surface area contributed by atoms with Gasteiger partial charge in [0.2, 0.25) is 0 Å². The molecule has 4 nitrogen and oxygen atoms in total. The molecule has 0 unspecified atom stereocenters. The fraction of sp³-hybridized carbons (Fsp3) is 0.286. The van der Waals surface area contributed by atoms with E-state index in [1.807, 2.05) is 0 Å². The first kappa shape index (κ1) is 14.0. The van der Waals surface area contributed by atoms with Crippen LogP contribution in [0.5, 0.6) is 5.75 Å². The molecule has 0 bridgehead atoms. The summed E-state index contributed by atoms with van der Waals surface area (Å²) in [5.41, 5.74) is 0.471. The molecule has 18 heavy (non-hydrogen) atoms. The number of carbonyl (C=O) groups is 2. The number of hydrogen-bond donors (Lipinski definition) is 0. The van der Waals surface area contributed by atoms with Crippen LogP contribution in [0, 0.1) is 0 Å². The van der Waals surface area contributed by atoms with Crippen LogP contribution < -0.4 is 4.74 Å². The predicted octanol–water partition coefficient (Wildman–Crippen LogP) is 2.39. The number of benzene rings is 1. The van der Waals surface area contributed by atoms with E-state index in [1.165, 1.54) is 6.08 Å². The normalized spacial score (nSPS) is 10.9. The van der Waals surface area contributed by atoms with E-state index in [0.717, 1.165) is 0 Å². The third kappa shape index (κ3) is 3.20. The molecule has 1 aromatic carbocycles. The van der Waals surface area contributed by atoms with E-state index in [-0.39, 0.29) is 18.0 Å². The number of ether oxygens (including phenoxy) is 2. The average Bonchev–Trinajstić information content (AvgIpc) is 2.40. The highest BCUT2D eigenvalue weighted by Gasteiger charge is 2.19. The fourth-order valence-electron chi connectivity index (χ4n) is 1.45. The van der Waals surface area contributed by atoms with Crippen LogP contribution in [0.4, 0.5) is 0 Å². The molecule has 0 aliphatic rings. The Balaban J connectivity index is 2.93. The lowest BCUT2D eigenvalue weighted by molar-refractivity contribution is -0.138. The quantitative estimate of drug-likeness (QED) is 0.264. The average molecular weight is 248 g/mol. The summed E-state index contributed by atoms with van der Waals surface area (Å²) in [4.78, 5) is 23.7. The monoisotopic (exact) mass is 248 g/mol. The van der Waals surface area contributed by atoms with Crippen molar-refractivity contribution in [1.29, 1.82) is 0 Å². The van der Waals surface area contributed by atoms with Crippen molar-refractivity contribution in [3.8, 4) is 5.75 Å². The van der Waals surface area contributed by atoms with E-state index < -0.39 is 5.97 Å². The van der Waals surface area contributed by atoms with Crippen molar-refractivity contribution in [2.45, 2.75) is 13.8 Å². The Labute approximate surface area is 106 Å². The van der Waals surface area contributed by atoms with E-state index >= 15 is 0 Å². The summed E-state index contributed by atoms with van der Waals surface area (Å²) in [5, 5.41) is 0. The zero-order valence-electron chi connectivity index (χ0n) is 10.7. The zero-order valence-corrected chi connectivity index (χ0v) is 10.7. The highest BCUT2D eigenvalue weighted by atomic mass is 16.5. The SMILES string of the molecule is CC=C(C(=O)OCC)C(=O)c1ccc(OC)cc1. The van der Waals surface area contributed by atoms with Crippen molar-refractivity contribution >= 4 is 11.8 Å². The summed E-state index contributed by atoms with van der Waals surface area (Å²) in [5.74, 6) is -0.288. The van der Waals surface area contributed by atoms with Gasteiger partial charge in [-0.1, -0.05) is 6.08 Å². The number of Topliss-reactive ketones (excluding diaryl/α,β-unsaturated/α-hetero) is 1. The minimum atomic E-state index is -0.596. The first-order chi connectivity index (χ1) is 8.63. The third-order valence-electron chi connectivity index (χ3n) is 2.38. The highest BCUT2D eigenvalue weighted by Crippen LogP contribution is 2.15. The molecule has 0 aliphatic heterocycles. The number of rotatable bonds is 5. The molecule has 0 N–H and O–H groups in total. The zero-order chi connectivity index (χ0) is 13.5. The van der Waals surface area contributed by atoms with Crippen molar-refractivity contribution in [2.24, 2.45) is 0 Å². The Bertz CT molecular complexity index is 457. The predicted molar refractivity (Wildman–Crippen MR) is 67.7 cm³/mol. The summed E-state index contributed by atoms with van der Waals surface area (Å²) in [7, 11) is 1.55. The largest absolute Gasteiger partial charge is 0.497 e. The summed E-state index contributed by atoms with van der Waals surface area (Å²) in [6.07, 6.45) is 1.46. The molecule has 0 fully saturated rings. The maximum Gasteiger partial charge on any atom is 0.341 e. The van der Waals surface area contributed by atoms with Gasteiger partial charge in [0, 0.05) is 5.56 Å². The summed E-state index contributed by atoms with van der Waals surface area (Å²) in [6.45, 7) is 3.57. The van der Waals surface area contributed by atoms with Crippen LogP contribution >= 0.6 is 0 Å². The number of carbonyl (C=O) groups excluding carboxylic acids is 2. The molecule has 1 rings (SSSR count). The summed E-state index contributed by atoms with van der Waals surface area (Å²) >= 11 is 0.